The van der Waals surface area contributed by atoms with Crippen molar-refractivity contribution in [2.24, 2.45) is 0 Å². The lowest BCUT2D eigenvalue weighted by atomic mass is 10.1. The molecule has 1 aromatic rings. The predicted octanol–water partition coefficient (Wildman–Crippen LogP) is 1.46. The van der Waals surface area contributed by atoms with Gasteiger partial charge in [0, 0.05) is 5.56 Å². The maximum atomic E-state index is 11.1. The molecule has 0 saturated heterocycles. The highest BCUT2D eigenvalue weighted by Crippen LogP contribution is 2.29. The van der Waals surface area contributed by atoms with E-state index < -0.39 is 11.9 Å². The summed E-state index contributed by atoms with van der Waals surface area (Å²) in [5.74, 6) is -1.54. The van der Waals surface area contributed by atoms with Gasteiger partial charge in [0.1, 0.15) is 0 Å². The van der Waals surface area contributed by atoms with E-state index in [0.29, 0.717) is 6.29 Å². The lowest BCUT2D eigenvalue weighted by molar-refractivity contribution is 0.0444. The predicted molar refractivity (Wildman–Crippen MR) is 46.6 cm³/mol. The van der Waals surface area contributed by atoms with Crippen molar-refractivity contribution in [2.75, 3.05) is 0 Å². The number of benzene rings is 1. The molecule has 70 valence electrons. The second kappa shape index (κ2) is 2.92. The van der Waals surface area contributed by atoms with E-state index in [1.165, 1.54) is 12.1 Å². The molecule has 0 unspecified atom stereocenters. The molecule has 1 aliphatic heterocycles. The number of ether oxygens (including phenoxy) is 1. The molecule has 0 aromatic heterocycles. The van der Waals surface area contributed by atoms with E-state index in [9.17, 15) is 14.4 Å². The zero-order chi connectivity index (χ0) is 10.3. The van der Waals surface area contributed by atoms with Crippen LogP contribution in [-0.2, 0) is 4.74 Å². The molecule has 0 radical (unpaired) electrons. The van der Waals surface area contributed by atoms with E-state index in [-0.39, 0.29) is 21.7 Å². The summed E-state index contributed by atoms with van der Waals surface area (Å²) in [5.41, 5.74) is 0.240. The average Bonchev–Trinajstić information content (AvgIpc) is 2.44. The molecule has 1 aliphatic rings. The molecule has 0 amide bonds. The monoisotopic (exact) mass is 210 g/mol. The number of hydrogen-bond donors (Lipinski definition) is 0. The number of hydrogen-bond acceptors (Lipinski definition) is 4. The van der Waals surface area contributed by atoms with Gasteiger partial charge < -0.3 is 4.74 Å². The fraction of sp³-hybridized carbons (Fsp3) is 0. The highest BCUT2D eigenvalue weighted by Gasteiger charge is 2.32. The van der Waals surface area contributed by atoms with Gasteiger partial charge in [0.05, 0.1) is 16.1 Å². The number of carbonyl (C=O) groups is 3. The Labute approximate surface area is 83.4 Å². The van der Waals surface area contributed by atoms with Crippen molar-refractivity contribution in [2.45, 2.75) is 0 Å². The molecule has 0 bridgehead atoms. The van der Waals surface area contributed by atoms with Crippen molar-refractivity contribution in [3.05, 3.63) is 33.8 Å². The van der Waals surface area contributed by atoms with Crippen molar-refractivity contribution < 1.29 is 19.1 Å². The molecule has 0 atom stereocenters. The maximum Gasteiger partial charge on any atom is 0.348 e. The molecule has 0 saturated carbocycles. The Hall–Kier alpha value is -1.68. The fourth-order valence-corrected chi connectivity index (χ4v) is 1.53. The highest BCUT2D eigenvalue weighted by atomic mass is 35.5. The Balaban J connectivity index is 2.76. The molecule has 2 rings (SSSR count). The van der Waals surface area contributed by atoms with E-state index in [1.807, 2.05) is 0 Å². The molecule has 14 heavy (non-hydrogen) atoms. The molecular formula is C9H3ClO4. The van der Waals surface area contributed by atoms with Crippen LogP contribution in [0.15, 0.2) is 12.1 Å². The lowest BCUT2D eigenvalue weighted by Gasteiger charge is -1.98. The Morgan fingerprint density at radius 2 is 1.93 bits per heavy atom. The molecule has 0 fully saturated rings. The van der Waals surface area contributed by atoms with E-state index in [2.05, 4.69) is 4.74 Å². The van der Waals surface area contributed by atoms with Gasteiger partial charge in [-0.25, -0.2) is 9.59 Å². The van der Waals surface area contributed by atoms with Crippen LogP contribution in [0.3, 0.4) is 0 Å². The van der Waals surface area contributed by atoms with Crippen LogP contribution in [0, 0.1) is 0 Å². The topological polar surface area (TPSA) is 60.4 Å². The second-order valence-corrected chi connectivity index (χ2v) is 3.06. The number of fused-ring (bicyclic) bond motifs is 1. The van der Waals surface area contributed by atoms with Crippen LogP contribution < -0.4 is 0 Å². The number of carbonyl (C=O) groups excluding carboxylic acids is 3. The highest BCUT2D eigenvalue weighted by molar-refractivity contribution is 6.38. The normalized spacial score (nSPS) is 13.8. The third kappa shape index (κ3) is 1.04. The minimum Gasteiger partial charge on any atom is -0.386 e. The average molecular weight is 211 g/mol. The van der Waals surface area contributed by atoms with Gasteiger partial charge in [0.2, 0.25) is 0 Å². The summed E-state index contributed by atoms with van der Waals surface area (Å²) in [6, 6.07) is 2.71. The Kier molecular flexibility index (Phi) is 1.86. The number of rotatable bonds is 1. The molecule has 1 aromatic carbocycles. The minimum atomic E-state index is -0.807. The quantitative estimate of drug-likeness (QED) is 0.400. The summed E-state index contributed by atoms with van der Waals surface area (Å²) in [4.78, 5) is 32.7. The van der Waals surface area contributed by atoms with Gasteiger partial charge in [-0.1, -0.05) is 11.6 Å². The zero-order valence-electron chi connectivity index (χ0n) is 6.74. The number of aldehydes is 1. The van der Waals surface area contributed by atoms with Crippen molar-refractivity contribution in [3.63, 3.8) is 0 Å². The summed E-state index contributed by atoms with van der Waals surface area (Å²) in [5, 5.41) is -0.0339. The van der Waals surface area contributed by atoms with Gasteiger partial charge in [-0.15, -0.1) is 0 Å². The van der Waals surface area contributed by atoms with Crippen LogP contribution in [-0.4, -0.2) is 18.2 Å². The summed E-state index contributed by atoms with van der Waals surface area (Å²) in [6.07, 6.45) is 0.513. The van der Waals surface area contributed by atoms with Crippen LogP contribution in [0.2, 0.25) is 5.02 Å². The van der Waals surface area contributed by atoms with E-state index in [4.69, 9.17) is 11.6 Å². The van der Waals surface area contributed by atoms with Gasteiger partial charge in [-0.2, -0.15) is 0 Å². The Morgan fingerprint density at radius 1 is 1.21 bits per heavy atom. The van der Waals surface area contributed by atoms with Crippen LogP contribution in [0.1, 0.15) is 31.1 Å². The first-order valence-corrected chi connectivity index (χ1v) is 4.07. The zero-order valence-corrected chi connectivity index (χ0v) is 7.50. The van der Waals surface area contributed by atoms with Crippen LogP contribution in [0.4, 0.5) is 0 Å². The van der Waals surface area contributed by atoms with Gasteiger partial charge in [0.15, 0.2) is 6.29 Å². The van der Waals surface area contributed by atoms with Crippen LogP contribution in [0.25, 0.3) is 0 Å². The van der Waals surface area contributed by atoms with Crippen LogP contribution in [0.5, 0.6) is 0 Å². The third-order valence-electron chi connectivity index (χ3n) is 1.91. The fourth-order valence-electron chi connectivity index (χ4n) is 1.24. The largest absolute Gasteiger partial charge is 0.386 e. The van der Waals surface area contributed by atoms with E-state index in [1.54, 1.807) is 0 Å². The number of halogens is 1. The first-order valence-electron chi connectivity index (χ1n) is 3.69. The van der Waals surface area contributed by atoms with Gasteiger partial charge >= 0.3 is 11.9 Å². The molecule has 4 nitrogen and oxygen atoms in total. The third-order valence-corrected chi connectivity index (χ3v) is 2.32. The maximum absolute atomic E-state index is 11.1. The molecule has 0 spiro atoms. The number of esters is 2. The van der Waals surface area contributed by atoms with Crippen molar-refractivity contribution in [3.8, 4) is 0 Å². The van der Waals surface area contributed by atoms with Crippen LogP contribution >= 0.6 is 11.6 Å². The van der Waals surface area contributed by atoms with Gasteiger partial charge in [-0.05, 0) is 12.1 Å². The minimum absolute atomic E-state index is 0.0266. The van der Waals surface area contributed by atoms with Crippen molar-refractivity contribution >= 4 is 29.8 Å². The van der Waals surface area contributed by atoms with Crippen molar-refractivity contribution in [1.82, 2.24) is 0 Å². The van der Waals surface area contributed by atoms with Gasteiger partial charge in [-0.3, -0.25) is 4.79 Å². The Bertz CT molecular complexity index is 464. The standard InChI is InChI=1S/C9H3ClO4/c10-7-4(3-11)1-2-5-6(7)9(13)14-8(5)12/h1-3H. The summed E-state index contributed by atoms with van der Waals surface area (Å²) in [6.45, 7) is 0. The molecule has 1 heterocycles. The summed E-state index contributed by atoms with van der Waals surface area (Å²) in [7, 11) is 0. The molecule has 0 N–H and O–H groups in total. The molecule has 5 heteroatoms. The lowest BCUT2D eigenvalue weighted by Crippen LogP contribution is -1.97. The first-order chi connectivity index (χ1) is 6.65. The Morgan fingerprint density at radius 3 is 2.57 bits per heavy atom. The van der Waals surface area contributed by atoms with Crippen molar-refractivity contribution in [1.29, 1.82) is 0 Å². The first kappa shape index (κ1) is 8.90. The second-order valence-electron chi connectivity index (χ2n) is 2.69. The summed E-state index contributed by atoms with van der Waals surface area (Å²) >= 11 is 5.73. The number of cyclic esters (lactones) is 2. The summed E-state index contributed by atoms with van der Waals surface area (Å²) < 4.78 is 4.33. The SMILES string of the molecule is O=Cc1ccc2c(c1Cl)C(=O)OC2=O. The molecular weight excluding hydrogens is 208 g/mol. The van der Waals surface area contributed by atoms with E-state index in [0.717, 1.165) is 0 Å². The van der Waals surface area contributed by atoms with E-state index >= 15 is 0 Å². The van der Waals surface area contributed by atoms with Gasteiger partial charge in [0.25, 0.3) is 0 Å². The molecule has 0 aliphatic carbocycles. The smallest absolute Gasteiger partial charge is 0.348 e.